The van der Waals surface area contributed by atoms with Crippen LogP contribution in [0.2, 0.25) is 0 Å². The lowest BCUT2D eigenvalue weighted by molar-refractivity contribution is 0.429. The first kappa shape index (κ1) is 11.6. The molecule has 0 aromatic heterocycles. The third-order valence-corrected chi connectivity index (χ3v) is 3.49. The van der Waals surface area contributed by atoms with E-state index in [1.165, 1.54) is 19.3 Å². The molecule has 0 saturated heterocycles. The zero-order chi connectivity index (χ0) is 11.4. The monoisotopic (exact) mass is 221 g/mol. The first-order valence-electron chi connectivity index (χ1n) is 6.24. The van der Waals surface area contributed by atoms with Gasteiger partial charge in [-0.1, -0.05) is 31.4 Å². The lowest BCUT2D eigenvalue weighted by Crippen LogP contribution is -2.09. The Labute approximate surface area is 97.1 Å². The lowest BCUT2D eigenvalue weighted by Gasteiger charge is -2.22. The van der Waals surface area contributed by atoms with E-state index in [9.17, 15) is 4.39 Å². The highest BCUT2D eigenvalue weighted by atomic mass is 19.1. The Hall–Kier alpha value is -0.890. The second-order valence-electron chi connectivity index (χ2n) is 4.72. The van der Waals surface area contributed by atoms with Gasteiger partial charge in [-0.2, -0.15) is 0 Å². The van der Waals surface area contributed by atoms with Gasteiger partial charge in [0.2, 0.25) is 0 Å². The average molecular weight is 221 g/mol. The molecule has 1 N–H and O–H groups in total. The molecule has 0 radical (unpaired) electrons. The van der Waals surface area contributed by atoms with E-state index in [0.717, 1.165) is 30.5 Å². The summed E-state index contributed by atoms with van der Waals surface area (Å²) >= 11 is 0. The van der Waals surface area contributed by atoms with E-state index in [1.807, 2.05) is 19.2 Å². The number of hydrogen-bond donors (Lipinski definition) is 1. The first-order valence-corrected chi connectivity index (χ1v) is 6.24. The first-order chi connectivity index (χ1) is 7.81. The zero-order valence-corrected chi connectivity index (χ0v) is 9.93. The Balaban J connectivity index is 2.14. The minimum absolute atomic E-state index is 0.0142. The highest BCUT2D eigenvalue weighted by Gasteiger charge is 2.18. The second-order valence-corrected chi connectivity index (χ2v) is 4.72. The topological polar surface area (TPSA) is 12.0 Å². The number of hydrogen-bond acceptors (Lipinski definition) is 1. The van der Waals surface area contributed by atoms with Crippen molar-refractivity contribution in [2.45, 2.75) is 44.6 Å². The molecule has 1 aliphatic rings. The molecule has 0 amide bonds. The van der Waals surface area contributed by atoms with Gasteiger partial charge in [0.05, 0.1) is 0 Å². The van der Waals surface area contributed by atoms with Crippen molar-refractivity contribution in [1.82, 2.24) is 5.32 Å². The maximum absolute atomic E-state index is 13.9. The maximum atomic E-state index is 13.9. The van der Waals surface area contributed by atoms with Gasteiger partial charge >= 0.3 is 0 Å². The van der Waals surface area contributed by atoms with Gasteiger partial charge in [-0.25, -0.2) is 4.39 Å². The molecule has 1 aromatic rings. The van der Waals surface area contributed by atoms with Crippen molar-refractivity contribution in [1.29, 1.82) is 0 Å². The SMILES string of the molecule is CNCc1ccc(C2CCCCC2)c(F)c1. The van der Waals surface area contributed by atoms with Crippen molar-refractivity contribution in [2.24, 2.45) is 0 Å². The molecule has 0 unspecified atom stereocenters. The van der Waals surface area contributed by atoms with Crippen molar-refractivity contribution in [3.63, 3.8) is 0 Å². The molecule has 0 heterocycles. The van der Waals surface area contributed by atoms with Gasteiger partial charge in [-0.05, 0) is 43.0 Å². The van der Waals surface area contributed by atoms with Crippen LogP contribution in [0.25, 0.3) is 0 Å². The van der Waals surface area contributed by atoms with E-state index in [1.54, 1.807) is 6.07 Å². The molecular formula is C14H20FN. The molecule has 1 saturated carbocycles. The number of nitrogens with one attached hydrogen (secondary N) is 1. The summed E-state index contributed by atoms with van der Waals surface area (Å²) in [6.45, 7) is 0.738. The van der Waals surface area contributed by atoms with E-state index < -0.39 is 0 Å². The average Bonchev–Trinajstić information content (AvgIpc) is 2.31. The minimum atomic E-state index is -0.0142. The van der Waals surface area contributed by atoms with Gasteiger partial charge in [-0.15, -0.1) is 0 Å². The molecular weight excluding hydrogens is 201 g/mol. The largest absolute Gasteiger partial charge is 0.316 e. The van der Waals surface area contributed by atoms with Crippen LogP contribution in [0.1, 0.15) is 49.1 Å². The van der Waals surface area contributed by atoms with Crippen molar-refractivity contribution in [3.05, 3.63) is 35.1 Å². The summed E-state index contributed by atoms with van der Waals surface area (Å²) in [5, 5.41) is 3.04. The normalized spacial score (nSPS) is 17.6. The molecule has 88 valence electrons. The molecule has 0 bridgehead atoms. The number of benzene rings is 1. The third kappa shape index (κ3) is 2.62. The zero-order valence-electron chi connectivity index (χ0n) is 9.93. The van der Waals surface area contributed by atoms with Gasteiger partial charge in [0.25, 0.3) is 0 Å². The van der Waals surface area contributed by atoms with Crippen LogP contribution in [0.4, 0.5) is 4.39 Å². The van der Waals surface area contributed by atoms with Gasteiger partial charge in [0, 0.05) is 6.54 Å². The van der Waals surface area contributed by atoms with Crippen molar-refractivity contribution in [3.8, 4) is 0 Å². The maximum Gasteiger partial charge on any atom is 0.127 e. The van der Waals surface area contributed by atoms with E-state index >= 15 is 0 Å². The summed E-state index contributed by atoms with van der Waals surface area (Å²) in [6, 6.07) is 5.71. The highest BCUT2D eigenvalue weighted by Crippen LogP contribution is 2.34. The summed E-state index contributed by atoms with van der Waals surface area (Å²) in [6.07, 6.45) is 6.13. The van der Waals surface area contributed by atoms with E-state index in [2.05, 4.69) is 5.32 Å². The van der Waals surface area contributed by atoms with E-state index in [4.69, 9.17) is 0 Å². The molecule has 2 rings (SSSR count). The van der Waals surface area contributed by atoms with Crippen LogP contribution in [-0.4, -0.2) is 7.05 Å². The molecule has 0 atom stereocenters. The second kappa shape index (κ2) is 5.44. The van der Waals surface area contributed by atoms with Crippen LogP contribution in [0.5, 0.6) is 0 Å². The van der Waals surface area contributed by atoms with Gasteiger partial charge < -0.3 is 5.32 Å². The fourth-order valence-electron chi connectivity index (χ4n) is 2.63. The molecule has 16 heavy (non-hydrogen) atoms. The van der Waals surface area contributed by atoms with Crippen LogP contribution in [0.15, 0.2) is 18.2 Å². The van der Waals surface area contributed by atoms with E-state index in [-0.39, 0.29) is 5.82 Å². The molecule has 0 aliphatic heterocycles. The quantitative estimate of drug-likeness (QED) is 0.822. The van der Waals surface area contributed by atoms with Crippen molar-refractivity contribution in [2.75, 3.05) is 7.05 Å². The molecule has 1 nitrogen and oxygen atoms in total. The minimum Gasteiger partial charge on any atom is -0.316 e. The number of rotatable bonds is 3. The summed E-state index contributed by atoms with van der Waals surface area (Å²) in [4.78, 5) is 0. The third-order valence-electron chi connectivity index (χ3n) is 3.49. The van der Waals surface area contributed by atoms with Crippen LogP contribution in [-0.2, 0) is 6.54 Å². The van der Waals surface area contributed by atoms with Gasteiger partial charge in [0.15, 0.2) is 0 Å². The van der Waals surface area contributed by atoms with Crippen LogP contribution in [0.3, 0.4) is 0 Å². The smallest absolute Gasteiger partial charge is 0.127 e. The fourth-order valence-corrected chi connectivity index (χ4v) is 2.63. The molecule has 1 aliphatic carbocycles. The lowest BCUT2D eigenvalue weighted by atomic mass is 9.83. The van der Waals surface area contributed by atoms with Crippen LogP contribution >= 0.6 is 0 Å². The van der Waals surface area contributed by atoms with Crippen LogP contribution in [0, 0.1) is 5.82 Å². The Morgan fingerprint density at radius 1 is 1.25 bits per heavy atom. The predicted molar refractivity (Wildman–Crippen MR) is 65.0 cm³/mol. The Morgan fingerprint density at radius 2 is 2.00 bits per heavy atom. The number of halogens is 1. The molecule has 0 spiro atoms. The molecule has 1 aromatic carbocycles. The van der Waals surface area contributed by atoms with Crippen LogP contribution < -0.4 is 5.32 Å². The Morgan fingerprint density at radius 3 is 2.62 bits per heavy atom. The molecule has 2 heteroatoms. The summed E-state index contributed by atoms with van der Waals surface area (Å²) in [7, 11) is 1.88. The van der Waals surface area contributed by atoms with Crippen molar-refractivity contribution >= 4 is 0 Å². The Bertz CT molecular complexity index is 343. The van der Waals surface area contributed by atoms with E-state index in [0.29, 0.717) is 5.92 Å². The highest BCUT2D eigenvalue weighted by molar-refractivity contribution is 5.27. The van der Waals surface area contributed by atoms with Crippen molar-refractivity contribution < 1.29 is 4.39 Å². The fraction of sp³-hybridized carbons (Fsp3) is 0.571. The summed E-state index contributed by atoms with van der Waals surface area (Å²) in [5.41, 5.74) is 1.96. The van der Waals surface area contributed by atoms with Gasteiger partial charge in [0.1, 0.15) is 5.82 Å². The summed E-state index contributed by atoms with van der Waals surface area (Å²) < 4.78 is 13.9. The Kier molecular flexibility index (Phi) is 3.94. The summed E-state index contributed by atoms with van der Waals surface area (Å²) in [5.74, 6) is 0.442. The standard InChI is InChI=1S/C14H20FN/c1-16-10-11-7-8-13(14(15)9-11)12-5-3-2-4-6-12/h7-9,12,16H,2-6,10H2,1H3. The van der Waals surface area contributed by atoms with Gasteiger partial charge in [-0.3, -0.25) is 0 Å². The molecule has 1 fully saturated rings. The predicted octanol–water partition coefficient (Wildman–Crippen LogP) is 3.59.